The van der Waals surface area contributed by atoms with Crippen molar-refractivity contribution in [3.8, 4) is 5.75 Å². The summed E-state index contributed by atoms with van der Waals surface area (Å²) >= 11 is 6.78. The van der Waals surface area contributed by atoms with Crippen LogP contribution in [0.1, 0.15) is 78.2 Å². The molecule has 64 heavy (non-hydrogen) atoms. The van der Waals surface area contributed by atoms with Gasteiger partial charge in [-0.2, -0.15) is 0 Å². The molecule has 0 unspecified atom stereocenters. The second-order valence-electron chi connectivity index (χ2n) is 16.4. The first-order valence-electron chi connectivity index (χ1n) is 20.9. The Balaban J connectivity index is 1.28. The molecule has 3 saturated heterocycles. The van der Waals surface area contributed by atoms with E-state index >= 15 is 0 Å². The first-order chi connectivity index (χ1) is 30.2. The molecule has 8 atom stereocenters. The van der Waals surface area contributed by atoms with Crippen molar-refractivity contribution < 1.29 is 67.2 Å². The Bertz CT molecular complexity index is 2020. The van der Waals surface area contributed by atoms with Crippen LogP contribution in [0.4, 0.5) is 10.5 Å². The van der Waals surface area contributed by atoms with E-state index in [1.54, 1.807) is 45.2 Å². The van der Waals surface area contributed by atoms with E-state index in [0.29, 0.717) is 40.8 Å². The Hall–Kier alpha value is -4.34. The van der Waals surface area contributed by atoms with Crippen molar-refractivity contribution in [1.82, 2.24) is 15.3 Å². The highest BCUT2D eigenvalue weighted by atomic mass is 35.5. The van der Waals surface area contributed by atoms with Gasteiger partial charge in [-0.05, 0) is 51.3 Å². The number of benzene rings is 1. The summed E-state index contributed by atoms with van der Waals surface area (Å²) in [7, 11) is 8.76. The van der Waals surface area contributed by atoms with Gasteiger partial charge in [-0.3, -0.25) is 24.5 Å². The molecule has 5 amide bonds. The lowest BCUT2D eigenvalue weighted by molar-refractivity contribution is -0.197. The first kappa shape index (κ1) is 50.7. The number of fused-ring (bicyclic) bond motifs is 5. The van der Waals surface area contributed by atoms with E-state index in [1.807, 2.05) is 13.0 Å². The quantitative estimate of drug-likeness (QED) is 0.0851. The van der Waals surface area contributed by atoms with Gasteiger partial charge in [0.2, 0.25) is 11.8 Å². The zero-order valence-corrected chi connectivity index (χ0v) is 39.6. The third-order valence-electron chi connectivity index (χ3n) is 11.8. The summed E-state index contributed by atoms with van der Waals surface area (Å²) in [6.45, 7) is 6.89. The van der Waals surface area contributed by atoms with Gasteiger partial charge >= 0.3 is 18.0 Å². The summed E-state index contributed by atoms with van der Waals surface area (Å²) in [6, 6.07) is 2.47. The van der Waals surface area contributed by atoms with Gasteiger partial charge in [-0.1, -0.05) is 63.9 Å². The Labute approximate surface area is 385 Å². The molecular formula is C43H57ClN4O14S2. The summed E-state index contributed by atoms with van der Waals surface area (Å²) in [5, 5.41) is 15.0. The second-order valence-corrected chi connectivity index (χ2v) is 19.5. The average molecular weight is 954 g/mol. The van der Waals surface area contributed by atoms with E-state index in [9.17, 15) is 38.7 Å². The fourth-order valence-corrected chi connectivity index (χ4v) is 10.1. The number of carbonyl (C=O) groups excluding carboxylic acids is 7. The van der Waals surface area contributed by atoms with Crippen LogP contribution in [-0.2, 0) is 59.0 Å². The maximum atomic E-state index is 14.2. The Morgan fingerprint density at radius 2 is 1.77 bits per heavy atom. The Morgan fingerprint density at radius 3 is 2.44 bits per heavy atom. The maximum absolute atomic E-state index is 14.2. The molecule has 1 aromatic rings. The molecule has 4 aliphatic rings. The molecule has 0 spiro atoms. The number of hydrogen-bond donors (Lipinski definition) is 2. The SMILES string of the molecule is COc1cc2cc(c1Cl)N(C)C(=O)C[C@H](OC(=O)[C@H](C)N(C)C(=O)CCSSCCCC(=O)ON1C(=O)CCC1=O)[C@]1(C)O[C@H]1[C@H](C)[C@@H]1C[C@@](O)(NC(=O)O1)[C@H](OC)/C=C/C=C(\C)C2. The molecule has 0 aliphatic carbocycles. The predicted molar refractivity (Wildman–Crippen MR) is 237 cm³/mol. The number of alkyl carbamates (subject to hydrolysis) is 1. The van der Waals surface area contributed by atoms with Crippen LogP contribution in [0.2, 0.25) is 5.02 Å². The minimum atomic E-state index is -1.86. The van der Waals surface area contributed by atoms with Gasteiger partial charge < -0.3 is 43.4 Å². The van der Waals surface area contributed by atoms with Crippen molar-refractivity contribution in [2.45, 2.75) is 121 Å². The lowest BCUT2D eigenvalue weighted by Gasteiger charge is -2.42. The van der Waals surface area contributed by atoms with Crippen LogP contribution in [0.5, 0.6) is 5.75 Å². The molecular weight excluding hydrogens is 896 g/mol. The van der Waals surface area contributed by atoms with E-state index in [2.05, 4.69) is 5.32 Å². The van der Waals surface area contributed by atoms with Crippen LogP contribution in [0.25, 0.3) is 0 Å². The number of nitrogens with zero attached hydrogens (tertiary/aromatic N) is 3. The third kappa shape index (κ3) is 12.1. The number of anilines is 1. The highest BCUT2D eigenvalue weighted by Crippen LogP contribution is 2.49. The predicted octanol–water partition coefficient (Wildman–Crippen LogP) is 4.67. The molecule has 21 heteroatoms. The number of imide groups is 1. The number of rotatable bonds is 14. The van der Waals surface area contributed by atoms with Gasteiger partial charge in [0.15, 0.2) is 5.72 Å². The van der Waals surface area contributed by atoms with Crippen LogP contribution < -0.4 is 15.0 Å². The summed E-state index contributed by atoms with van der Waals surface area (Å²) in [4.78, 5) is 97.2. The summed E-state index contributed by atoms with van der Waals surface area (Å²) in [6.07, 6.45) is 1.11. The molecule has 1 aromatic carbocycles. The van der Waals surface area contributed by atoms with E-state index in [0.717, 1.165) is 11.1 Å². The number of methoxy groups -OCH3 is 2. The van der Waals surface area contributed by atoms with Crippen molar-refractivity contribution in [1.29, 1.82) is 0 Å². The first-order valence-corrected chi connectivity index (χ1v) is 23.7. The van der Waals surface area contributed by atoms with Crippen LogP contribution >= 0.6 is 33.2 Å². The highest BCUT2D eigenvalue weighted by Gasteiger charge is 2.64. The number of nitrogens with one attached hydrogen (secondary N) is 1. The molecule has 2 N–H and O–H groups in total. The van der Waals surface area contributed by atoms with Gasteiger partial charge in [0.05, 0.1) is 25.3 Å². The van der Waals surface area contributed by atoms with E-state index in [4.69, 9.17) is 40.1 Å². The number of hydroxylamine groups is 2. The molecule has 3 fully saturated rings. The van der Waals surface area contributed by atoms with Gasteiger partial charge in [-0.25, -0.2) is 14.4 Å². The fraction of sp³-hybridized carbons (Fsp3) is 0.605. The monoisotopic (exact) mass is 952 g/mol. The fourth-order valence-electron chi connectivity index (χ4n) is 7.72. The number of esters is 1. The normalized spacial score (nSPS) is 29.1. The second kappa shape index (κ2) is 21.8. The average Bonchev–Trinajstić information content (AvgIpc) is 3.86. The number of likely N-dealkylation sites (N-methyl/N-ethyl adjacent to an activating group) is 1. The number of halogens is 1. The molecule has 18 nitrogen and oxygen atoms in total. The van der Waals surface area contributed by atoms with Crippen molar-refractivity contribution in [3.63, 3.8) is 0 Å². The van der Waals surface area contributed by atoms with Crippen molar-refractivity contribution >= 4 is 80.5 Å². The minimum absolute atomic E-state index is 0.00719. The number of epoxide rings is 1. The Morgan fingerprint density at radius 1 is 1.08 bits per heavy atom. The van der Waals surface area contributed by atoms with E-state index in [1.165, 1.54) is 59.6 Å². The van der Waals surface area contributed by atoms with Crippen LogP contribution in [0.3, 0.4) is 0 Å². The lowest BCUT2D eigenvalue weighted by Crippen LogP contribution is -2.63. The summed E-state index contributed by atoms with van der Waals surface area (Å²) in [5.41, 5.74) is -1.10. The standard InChI is InChI=1S/C43H57ClN4O14S2/c1-24-11-9-12-31(58-8)43(56)23-30(59-41(55)45-43)25(2)39-42(4,61-39)32(22-36(52)47(6)28-20-27(19-24)21-29(57-7)38(28)44)60-40(54)26(3)46(5)33(49)16-18-64-63-17-10-13-37(53)62-48-34(50)14-15-35(48)51/h9,11-12,20-21,25-26,30-32,39,56H,10,13-19,22-23H2,1-8H3,(H,45,55)/b12-9+,24-11+/t25-,26+,30+,31-,32+,39+,42+,43+/m1/s1. The van der Waals surface area contributed by atoms with Crippen molar-refractivity contribution in [3.05, 3.63) is 46.5 Å². The van der Waals surface area contributed by atoms with Gasteiger partial charge in [0.25, 0.3) is 11.8 Å². The van der Waals surface area contributed by atoms with Crippen LogP contribution in [0.15, 0.2) is 35.9 Å². The van der Waals surface area contributed by atoms with Crippen LogP contribution in [0, 0.1) is 5.92 Å². The molecule has 0 aromatic heterocycles. The number of aliphatic hydroxyl groups is 1. The van der Waals surface area contributed by atoms with Crippen molar-refractivity contribution in [2.75, 3.05) is 44.7 Å². The number of amides is 5. The number of allylic oxidation sites excluding steroid dienone is 3. The van der Waals surface area contributed by atoms with Gasteiger partial charge in [-0.15, -0.1) is 5.06 Å². The molecule has 4 bridgehead atoms. The number of ether oxygens (including phenoxy) is 5. The molecule has 0 radical (unpaired) electrons. The van der Waals surface area contributed by atoms with E-state index in [-0.39, 0.29) is 49.5 Å². The third-order valence-corrected chi connectivity index (χ3v) is 14.7. The zero-order valence-electron chi connectivity index (χ0n) is 37.2. The molecule has 352 valence electrons. The molecule has 4 aliphatic heterocycles. The molecule has 0 saturated carbocycles. The topological polar surface area (TPSA) is 220 Å². The largest absolute Gasteiger partial charge is 0.495 e. The Kier molecular flexibility index (Phi) is 17.2. The smallest absolute Gasteiger partial charge is 0.409 e. The van der Waals surface area contributed by atoms with Gasteiger partial charge in [0.1, 0.15) is 40.7 Å². The van der Waals surface area contributed by atoms with Gasteiger partial charge in [0, 0.05) is 70.7 Å². The molecule has 5 rings (SSSR count). The summed E-state index contributed by atoms with van der Waals surface area (Å²) in [5.74, 6) is -2.65. The van der Waals surface area contributed by atoms with Crippen molar-refractivity contribution in [2.24, 2.45) is 5.92 Å². The lowest BCUT2D eigenvalue weighted by atomic mass is 9.83. The maximum Gasteiger partial charge on any atom is 0.409 e. The summed E-state index contributed by atoms with van der Waals surface area (Å²) < 4.78 is 29.3. The minimum Gasteiger partial charge on any atom is -0.495 e. The van der Waals surface area contributed by atoms with Crippen LogP contribution in [-0.4, -0.2) is 138 Å². The zero-order chi connectivity index (χ0) is 47.1. The number of hydrogen-bond acceptors (Lipinski definition) is 16. The van der Waals surface area contributed by atoms with E-state index < -0.39 is 83.5 Å². The highest BCUT2D eigenvalue weighted by molar-refractivity contribution is 8.76. The molecule has 4 heterocycles. The number of carbonyl (C=O) groups is 7.